The van der Waals surface area contributed by atoms with Crippen molar-refractivity contribution in [2.24, 2.45) is 0 Å². The third-order valence-electron chi connectivity index (χ3n) is 3.22. The first-order valence-corrected chi connectivity index (χ1v) is 8.07. The van der Waals surface area contributed by atoms with E-state index < -0.39 is 5.91 Å². The van der Waals surface area contributed by atoms with E-state index in [0.717, 1.165) is 10.6 Å². The molecule has 1 amide bonds. The van der Waals surface area contributed by atoms with Gasteiger partial charge in [-0.3, -0.25) is 4.79 Å². The van der Waals surface area contributed by atoms with Crippen LogP contribution >= 0.6 is 11.8 Å². The van der Waals surface area contributed by atoms with Gasteiger partial charge < -0.3 is 15.5 Å². The fraction of sp³-hybridized carbons (Fsp3) is 0.133. The predicted molar refractivity (Wildman–Crippen MR) is 87.4 cm³/mol. The third kappa shape index (κ3) is 3.21. The summed E-state index contributed by atoms with van der Waals surface area (Å²) in [6.07, 6.45) is 3.53. The number of nitrogens with zero attached hydrogens (tertiary/aromatic N) is 3. The molecule has 3 aromatic rings. The summed E-state index contributed by atoms with van der Waals surface area (Å²) in [6, 6.07) is 11.2. The molecule has 0 saturated heterocycles. The first-order chi connectivity index (χ1) is 11.2. The quantitative estimate of drug-likeness (QED) is 0.695. The second-order valence-corrected chi connectivity index (χ2v) is 5.58. The Morgan fingerprint density at radius 2 is 2.26 bits per heavy atom. The number of thioether (sulfide) groups is 1. The fourth-order valence-corrected chi connectivity index (χ4v) is 2.50. The number of hydrogen-bond donors (Lipinski definition) is 2. The molecule has 0 saturated carbocycles. The maximum absolute atomic E-state index is 12.2. The van der Waals surface area contributed by atoms with Gasteiger partial charge in [0.15, 0.2) is 11.5 Å². The molecule has 0 aliphatic carbocycles. The number of benzene rings is 1. The summed E-state index contributed by atoms with van der Waals surface area (Å²) in [6.45, 7) is 0.264. The van der Waals surface area contributed by atoms with Crippen LogP contribution < -0.4 is 11.1 Å². The Balaban J connectivity index is 1.79. The van der Waals surface area contributed by atoms with E-state index in [0.29, 0.717) is 5.76 Å². The lowest BCUT2D eigenvalue weighted by molar-refractivity contribution is 0.0944. The lowest BCUT2D eigenvalue weighted by Crippen LogP contribution is -2.24. The van der Waals surface area contributed by atoms with Crippen LogP contribution in [-0.4, -0.2) is 27.2 Å². The number of rotatable bonds is 5. The van der Waals surface area contributed by atoms with Gasteiger partial charge >= 0.3 is 0 Å². The zero-order chi connectivity index (χ0) is 16.2. The number of nitrogens with two attached hydrogens (primary N) is 1. The standard InChI is InChI=1S/C15H15N5O2S/c1-23-12-6-2-4-10(8-12)20-14(16)13(18-19-20)15(21)17-9-11-5-3-7-22-11/h2-8H,9,16H2,1H3,(H,17,21). The average molecular weight is 329 g/mol. The average Bonchev–Trinajstić information content (AvgIpc) is 3.22. The summed E-state index contributed by atoms with van der Waals surface area (Å²) >= 11 is 1.61. The van der Waals surface area contributed by atoms with Crippen molar-refractivity contribution in [3.05, 3.63) is 54.1 Å². The van der Waals surface area contributed by atoms with Crippen LogP contribution in [0.15, 0.2) is 52.0 Å². The minimum absolute atomic E-state index is 0.0890. The molecule has 0 unspecified atom stereocenters. The number of amides is 1. The number of furan rings is 1. The van der Waals surface area contributed by atoms with Crippen molar-refractivity contribution in [2.75, 3.05) is 12.0 Å². The van der Waals surface area contributed by atoms with Gasteiger partial charge in [0.05, 0.1) is 18.5 Å². The molecule has 3 N–H and O–H groups in total. The van der Waals surface area contributed by atoms with Crippen LogP contribution in [0.3, 0.4) is 0 Å². The molecule has 7 nitrogen and oxygen atoms in total. The van der Waals surface area contributed by atoms with Crippen molar-refractivity contribution in [1.82, 2.24) is 20.3 Å². The van der Waals surface area contributed by atoms with E-state index in [1.54, 1.807) is 30.2 Å². The van der Waals surface area contributed by atoms with Gasteiger partial charge in [0.25, 0.3) is 5.91 Å². The van der Waals surface area contributed by atoms with E-state index >= 15 is 0 Å². The van der Waals surface area contributed by atoms with Crippen molar-refractivity contribution in [3.8, 4) is 5.69 Å². The Kier molecular flexibility index (Phi) is 4.33. The van der Waals surface area contributed by atoms with Gasteiger partial charge in [-0.05, 0) is 36.6 Å². The fourth-order valence-electron chi connectivity index (χ4n) is 2.05. The van der Waals surface area contributed by atoms with Crippen LogP contribution in [0.5, 0.6) is 0 Å². The summed E-state index contributed by atoms with van der Waals surface area (Å²) in [4.78, 5) is 13.2. The number of nitrogen functional groups attached to an aromatic ring is 1. The van der Waals surface area contributed by atoms with Crippen LogP contribution in [0.25, 0.3) is 5.69 Å². The molecule has 2 aromatic heterocycles. The Hall–Kier alpha value is -2.74. The molecule has 0 atom stereocenters. The Morgan fingerprint density at radius 3 is 3.00 bits per heavy atom. The van der Waals surface area contributed by atoms with Gasteiger partial charge in [0.2, 0.25) is 0 Å². The molecule has 8 heteroatoms. The van der Waals surface area contributed by atoms with Crippen molar-refractivity contribution in [1.29, 1.82) is 0 Å². The number of anilines is 1. The summed E-state index contributed by atoms with van der Waals surface area (Å²) in [7, 11) is 0. The topological polar surface area (TPSA) is 99.0 Å². The van der Waals surface area contributed by atoms with Crippen molar-refractivity contribution < 1.29 is 9.21 Å². The molecular formula is C15H15N5O2S. The maximum atomic E-state index is 12.2. The normalized spacial score (nSPS) is 10.7. The van der Waals surface area contributed by atoms with Crippen LogP contribution in [0.4, 0.5) is 5.82 Å². The van der Waals surface area contributed by atoms with Gasteiger partial charge in [-0.2, -0.15) is 4.68 Å². The second-order valence-electron chi connectivity index (χ2n) is 4.70. The molecule has 1 aromatic carbocycles. The van der Waals surface area contributed by atoms with E-state index in [2.05, 4.69) is 15.6 Å². The lowest BCUT2D eigenvalue weighted by Gasteiger charge is -2.05. The monoisotopic (exact) mass is 329 g/mol. The smallest absolute Gasteiger partial charge is 0.276 e. The first kappa shape index (κ1) is 15.2. The molecule has 0 spiro atoms. The first-order valence-electron chi connectivity index (χ1n) is 6.85. The van der Waals surface area contributed by atoms with Gasteiger partial charge in [-0.15, -0.1) is 16.9 Å². The molecule has 23 heavy (non-hydrogen) atoms. The SMILES string of the molecule is CSc1cccc(-n2nnc(C(=O)NCc3ccco3)c2N)c1. The minimum Gasteiger partial charge on any atom is -0.467 e. The van der Waals surface area contributed by atoms with Gasteiger partial charge in [-0.1, -0.05) is 11.3 Å². The zero-order valence-electron chi connectivity index (χ0n) is 12.4. The maximum Gasteiger partial charge on any atom is 0.276 e. The highest BCUT2D eigenvalue weighted by atomic mass is 32.2. The van der Waals surface area contributed by atoms with E-state index in [-0.39, 0.29) is 18.1 Å². The van der Waals surface area contributed by atoms with Crippen LogP contribution in [0.1, 0.15) is 16.2 Å². The van der Waals surface area contributed by atoms with E-state index in [9.17, 15) is 4.79 Å². The van der Waals surface area contributed by atoms with E-state index in [1.165, 1.54) is 4.68 Å². The molecule has 0 fully saturated rings. The Labute approximate surface area is 136 Å². The molecule has 0 aliphatic rings. The van der Waals surface area contributed by atoms with Gasteiger partial charge in [0, 0.05) is 4.90 Å². The zero-order valence-corrected chi connectivity index (χ0v) is 13.2. The second kappa shape index (κ2) is 6.57. The number of aromatic nitrogens is 3. The molecule has 0 bridgehead atoms. The van der Waals surface area contributed by atoms with Crippen molar-refractivity contribution >= 4 is 23.5 Å². The third-order valence-corrected chi connectivity index (χ3v) is 3.95. The minimum atomic E-state index is -0.397. The summed E-state index contributed by atoms with van der Waals surface area (Å²) in [5.74, 6) is 0.448. The molecule has 0 radical (unpaired) electrons. The largest absolute Gasteiger partial charge is 0.467 e. The highest BCUT2D eigenvalue weighted by molar-refractivity contribution is 7.98. The Morgan fingerprint density at radius 1 is 1.39 bits per heavy atom. The van der Waals surface area contributed by atoms with Crippen molar-refractivity contribution in [3.63, 3.8) is 0 Å². The summed E-state index contributed by atoms with van der Waals surface area (Å²) in [5, 5.41) is 10.6. The van der Waals surface area contributed by atoms with Gasteiger partial charge in [0.1, 0.15) is 5.76 Å². The van der Waals surface area contributed by atoms with Gasteiger partial charge in [-0.25, -0.2) is 0 Å². The number of carbonyl (C=O) groups excluding carboxylic acids is 1. The predicted octanol–water partition coefficient (Wildman–Crippen LogP) is 2.09. The molecule has 3 rings (SSSR count). The molecule has 2 heterocycles. The van der Waals surface area contributed by atoms with Crippen LogP contribution in [-0.2, 0) is 6.54 Å². The summed E-state index contributed by atoms with van der Waals surface area (Å²) in [5.41, 5.74) is 6.87. The number of nitrogens with one attached hydrogen (secondary N) is 1. The summed E-state index contributed by atoms with van der Waals surface area (Å²) < 4.78 is 6.61. The van der Waals surface area contributed by atoms with E-state index in [4.69, 9.17) is 10.2 Å². The Bertz CT molecular complexity index is 813. The van der Waals surface area contributed by atoms with E-state index in [1.807, 2.05) is 30.5 Å². The highest BCUT2D eigenvalue weighted by Gasteiger charge is 2.18. The number of hydrogen-bond acceptors (Lipinski definition) is 6. The number of carbonyl (C=O) groups is 1. The lowest BCUT2D eigenvalue weighted by atomic mass is 10.3. The highest BCUT2D eigenvalue weighted by Crippen LogP contribution is 2.20. The molecule has 0 aliphatic heterocycles. The van der Waals surface area contributed by atoms with Crippen molar-refractivity contribution in [2.45, 2.75) is 11.4 Å². The van der Waals surface area contributed by atoms with Crippen LogP contribution in [0, 0.1) is 0 Å². The molecular weight excluding hydrogens is 314 g/mol. The van der Waals surface area contributed by atoms with Crippen LogP contribution in [0.2, 0.25) is 0 Å². The molecule has 118 valence electrons.